The van der Waals surface area contributed by atoms with Gasteiger partial charge in [-0.25, -0.2) is 28.8 Å². The van der Waals surface area contributed by atoms with Crippen LogP contribution in [0.3, 0.4) is 0 Å². The lowest BCUT2D eigenvalue weighted by molar-refractivity contribution is -0.144. The number of urea groups is 1. The number of rotatable bonds is 28. The Balaban J connectivity index is 1.94. The van der Waals surface area contributed by atoms with Crippen LogP contribution in [0.2, 0.25) is 0 Å². The van der Waals surface area contributed by atoms with Gasteiger partial charge in [0.2, 0.25) is 0 Å². The fourth-order valence-electron chi connectivity index (χ4n) is 5.93. The molecule has 384 valence electrons. The summed E-state index contributed by atoms with van der Waals surface area (Å²) >= 11 is 0. The van der Waals surface area contributed by atoms with Gasteiger partial charge in [0.05, 0.1) is 40.6 Å². The van der Waals surface area contributed by atoms with Gasteiger partial charge < -0.3 is 70.4 Å². The molecule has 0 bridgehead atoms. The van der Waals surface area contributed by atoms with Crippen molar-refractivity contribution in [1.29, 1.82) is 0 Å². The molecule has 0 aromatic heterocycles. The zero-order valence-electron chi connectivity index (χ0n) is 41.0. The van der Waals surface area contributed by atoms with Crippen LogP contribution >= 0.6 is 0 Å². The number of esters is 2. The van der Waals surface area contributed by atoms with Crippen molar-refractivity contribution in [3.63, 3.8) is 0 Å². The first-order valence-corrected chi connectivity index (χ1v) is 22.7. The summed E-state index contributed by atoms with van der Waals surface area (Å²) < 4.78 is 36.2. The summed E-state index contributed by atoms with van der Waals surface area (Å²) in [4.78, 5) is 101. The van der Waals surface area contributed by atoms with Crippen LogP contribution in [0.4, 0.5) is 24.9 Å². The number of hydrogen-bond donors (Lipinski definition) is 7. The molecule has 0 radical (unpaired) electrons. The Morgan fingerprint density at radius 3 is 1.45 bits per heavy atom. The van der Waals surface area contributed by atoms with E-state index in [1.807, 2.05) is 30.3 Å². The molecule has 22 heteroatoms. The van der Waals surface area contributed by atoms with Crippen molar-refractivity contribution < 1.29 is 71.5 Å². The molecule has 0 fully saturated rings. The number of carbonyl (C=O) groups is 8. The second-order valence-electron chi connectivity index (χ2n) is 17.3. The van der Waals surface area contributed by atoms with E-state index < -0.39 is 71.3 Å². The summed E-state index contributed by atoms with van der Waals surface area (Å²) in [5.74, 6) is -2.40. The Bertz CT molecular complexity index is 1860. The molecule has 2 aromatic carbocycles. The summed E-state index contributed by atoms with van der Waals surface area (Å²) in [6, 6.07) is 10.9. The van der Waals surface area contributed by atoms with Crippen molar-refractivity contribution >= 4 is 53.8 Å². The maximum Gasteiger partial charge on any atom is 0.408 e. The molecular formula is C47H71N7O15. The predicted molar refractivity (Wildman–Crippen MR) is 252 cm³/mol. The number of methoxy groups -OCH3 is 2. The lowest BCUT2D eigenvalue weighted by Gasteiger charge is -2.22. The molecule has 0 unspecified atom stereocenters. The Labute approximate surface area is 403 Å². The van der Waals surface area contributed by atoms with Gasteiger partial charge in [-0.3, -0.25) is 9.59 Å². The van der Waals surface area contributed by atoms with Crippen LogP contribution in [-0.2, 0) is 49.4 Å². The van der Waals surface area contributed by atoms with Crippen molar-refractivity contribution in [3.05, 3.63) is 65.2 Å². The van der Waals surface area contributed by atoms with E-state index in [4.69, 9.17) is 33.2 Å². The number of alkyl carbamates (subject to hydrolysis) is 3. The minimum absolute atomic E-state index is 0.0636. The van der Waals surface area contributed by atoms with Crippen LogP contribution in [0.25, 0.3) is 0 Å². The second-order valence-corrected chi connectivity index (χ2v) is 17.3. The largest absolute Gasteiger partial charge is 0.467 e. The van der Waals surface area contributed by atoms with Gasteiger partial charge in [0.25, 0.3) is 11.8 Å². The molecule has 0 aliphatic rings. The molecule has 0 aliphatic carbocycles. The Morgan fingerprint density at radius 2 is 1.00 bits per heavy atom. The molecule has 2 rings (SSSR count). The SMILES string of the molecule is COC(=O)[C@H](CCCCNC(=O)c1cc(NC(=O)NCCOCCOCCNC(=O)OCc2ccccc2)cc(C(=O)NCCCC[C@H](NC(=O)OC(C)(C)C)C(=O)OC)c1)NC(=O)OC(C)(C)C. The average Bonchev–Trinajstić information content (AvgIpc) is 3.28. The summed E-state index contributed by atoms with van der Waals surface area (Å²) in [6.07, 6.45) is -0.0658. The van der Waals surface area contributed by atoms with Gasteiger partial charge >= 0.3 is 36.2 Å². The van der Waals surface area contributed by atoms with Gasteiger partial charge in [0.15, 0.2) is 0 Å². The van der Waals surface area contributed by atoms with Crippen LogP contribution in [0.15, 0.2) is 48.5 Å². The topological polar surface area (TPSA) is 285 Å². The first-order chi connectivity index (χ1) is 32.7. The van der Waals surface area contributed by atoms with Gasteiger partial charge in [0, 0.05) is 43.0 Å². The highest BCUT2D eigenvalue weighted by Crippen LogP contribution is 2.17. The highest BCUT2D eigenvalue weighted by Gasteiger charge is 2.26. The average molecular weight is 974 g/mol. The van der Waals surface area contributed by atoms with Crippen LogP contribution in [-0.4, -0.2) is 138 Å². The molecule has 2 aromatic rings. The first kappa shape index (κ1) is 58.4. The summed E-state index contributed by atoms with van der Waals surface area (Å²) in [7, 11) is 2.41. The third-order valence-corrected chi connectivity index (χ3v) is 9.11. The van der Waals surface area contributed by atoms with Crippen LogP contribution in [0.5, 0.6) is 0 Å². The number of benzene rings is 2. The van der Waals surface area contributed by atoms with E-state index in [0.717, 1.165) is 5.56 Å². The molecule has 69 heavy (non-hydrogen) atoms. The predicted octanol–water partition coefficient (Wildman–Crippen LogP) is 4.70. The highest BCUT2D eigenvalue weighted by atomic mass is 16.6. The quantitative estimate of drug-likeness (QED) is 0.0346. The van der Waals surface area contributed by atoms with Crippen LogP contribution in [0, 0.1) is 0 Å². The fraction of sp³-hybridized carbons (Fsp3) is 0.574. The third kappa shape index (κ3) is 27.0. The monoisotopic (exact) mass is 974 g/mol. The molecule has 0 heterocycles. The zero-order valence-corrected chi connectivity index (χ0v) is 41.0. The van der Waals surface area contributed by atoms with E-state index in [1.54, 1.807) is 41.5 Å². The van der Waals surface area contributed by atoms with Crippen molar-refractivity contribution in [3.8, 4) is 0 Å². The van der Waals surface area contributed by atoms with Gasteiger partial charge in [-0.1, -0.05) is 30.3 Å². The maximum atomic E-state index is 13.4. The van der Waals surface area contributed by atoms with Crippen molar-refractivity contribution in [1.82, 2.24) is 31.9 Å². The number of anilines is 1. The number of ether oxygens (including phenoxy) is 7. The second kappa shape index (κ2) is 31.4. The van der Waals surface area contributed by atoms with Crippen molar-refractivity contribution in [2.24, 2.45) is 0 Å². The van der Waals surface area contributed by atoms with Crippen molar-refractivity contribution in [2.75, 3.05) is 72.1 Å². The smallest absolute Gasteiger partial charge is 0.408 e. The van der Waals surface area contributed by atoms with Gasteiger partial charge in [-0.15, -0.1) is 0 Å². The van der Waals surface area contributed by atoms with E-state index in [1.165, 1.54) is 32.4 Å². The Hall–Kier alpha value is -6.68. The minimum Gasteiger partial charge on any atom is -0.467 e. The lowest BCUT2D eigenvalue weighted by Crippen LogP contribution is -2.44. The van der Waals surface area contributed by atoms with Gasteiger partial charge in [-0.05, 0) is 104 Å². The zero-order chi connectivity index (χ0) is 51.2. The molecule has 7 amide bonds. The molecule has 0 spiro atoms. The molecule has 0 saturated carbocycles. The van der Waals surface area contributed by atoms with E-state index in [2.05, 4.69) is 37.2 Å². The lowest BCUT2D eigenvalue weighted by atomic mass is 10.1. The molecule has 22 nitrogen and oxygen atoms in total. The molecule has 2 atom stereocenters. The molecular weight excluding hydrogens is 903 g/mol. The molecule has 0 aliphatic heterocycles. The third-order valence-electron chi connectivity index (χ3n) is 9.11. The number of nitrogens with one attached hydrogen (secondary N) is 7. The number of hydrogen-bond acceptors (Lipinski definition) is 15. The number of amides is 7. The van der Waals surface area contributed by atoms with E-state index in [9.17, 15) is 38.4 Å². The van der Waals surface area contributed by atoms with E-state index in [-0.39, 0.29) is 88.9 Å². The summed E-state index contributed by atoms with van der Waals surface area (Å²) in [5, 5.41) is 18.5. The molecule has 0 saturated heterocycles. The van der Waals surface area contributed by atoms with Crippen molar-refractivity contribution in [2.45, 2.75) is 110 Å². The first-order valence-electron chi connectivity index (χ1n) is 22.7. The van der Waals surface area contributed by atoms with Gasteiger partial charge in [0.1, 0.15) is 29.9 Å². The summed E-state index contributed by atoms with van der Waals surface area (Å²) in [5.41, 5.74) is -0.412. The minimum atomic E-state index is -0.969. The van der Waals surface area contributed by atoms with Crippen LogP contribution in [0.1, 0.15) is 106 Å². The Morgan fingerprint density at radius 1 is 0.536 bits per heavy atom. The Kier molecular flexibility index (Phi) is 26.6. The normalized spacial score (nSPS) is 11.9. The summed E-state index contributed by atoms with van der Waals surface area (Å²) in [6.45, 7) is 11.8. The maximum absolute atomic E-state index is 13.4. The van der Waals surface area contributed by atoms with Gasteiger partial charge in [-0.2, -0.15) is 0 Å². The standard InChI is InChI=1S/C47H71N7O15/c1-46(2,3)68-44(61)53-36(40(57)63-7)18-12-14-20-48-38(55)33-28-34(39(56)49-21-15-13-19-37(41(58)64-8)54-45(62)69-47(4,5)6)30-35(29-33)52-42(59)50-22-24-65-26-27-66-25-23-51-43(60)67-31-32-16-10-9-11-17-32/h9-11,16-17,28-30,36-37H,12-15,18-27,31H2,1-8H3,(H,48,55)(H,49,56)(H,51,60)(H,53,61)(H,54,62)(H2,50,52,59)/t36-,37-/m0/s1. The van der Waals surface area contributed by atoms with E-state index >= 15 is 0 Å². The van der Waals surface area contributed by atoms with E-state index in [0.29, 0.717) is 25.7 Å². The number of carbonyl (C=O) groups excluding carboxylic acids is 8. The van der Waals surface area contributed by atoms with Crippen LogP contribution < -0.4 is 37.2 Å². The number of unbranched alkanes of at least 4 members (excludes halogenated alkanes) is 2. The molecule has 7 N–H and O–H groups in total. The fourth-order valence-corrected chi connectivity index (χ4v) is 5.93. The highest BCUT2D eigenvalue weighted by molar-refractivity contribution is 6.02.